The molecule has 0 aliphatic carbocycles. The zero-order valence-electron chi connectivity index (χ0n) is 15.0. The number of likely N-dealkylation sites (N-methyl/N-ethyl adjacent to an activating group) is 1. The monoisotopic (exact) mass is 392 g/mol. The SMILES string of the molecule is CN(CC(=O)N1CCC(C(=O)O)CC1)C(=O)C1=Cc2cc(Cl)ccc2OC1. The summed E-state index contributed by atoms with van der Waals surface area (Å²) in [7, 11) is 1.57. The highest BCUT2D eigenvalue weighted by molar-refractivity contribution is 6.30. The molecule has 1 N–H and O–H groups in total. The Labute approximate surface area is 162 Å². The first-order valence-electron chi connectivity index (χ1n) is 8.74. The molecule has 1 fully saturated rings. The Morgan fingerprint density at radius 3 is 2.67 bits per heavy atom. The Morgan fingerprint density at radius 1 is 1.30 bits per heavy atom. The fourth-order valence-electron chi connectivity index (χ4n) is 3.27. The molecule has 0 aromatic heterocycles. The number of aliphatic carboxylic acids is 1. The number of carboxylic acid groups (broad SMARTS) is 1. The number of carbonyl (C=O) groups excluding carboxylic acids is 2. The second kappa shape index (κ2) is 8.00. The van der Waals surface area contributed by atoms with E-state index in [1.807, 2.05) is 0 Å². The van der Waals surface area contributed by atoms with Crippen molar-refractivity contribution in [2.24, 2.45) is 5.92 Å². The van der Waals surface area contributed by atoms with E-state index in [4.69, 9.17) is 21.4 Å². The largest absolute Gasteiger partial charge is 0.488 e. The fraction of sp³-hybridized carbons (Fsp3) is 0.421. The molecule has 0 spiro atoms. The van der Waals surface area contributed by atoms with E-state index in [1.54, 1.807) is 36.2 Å². The van der Waals surface area contributed by atoms with E-state index < -0.39 is 11.9 Å². The number of amides is 2. The van der Waals surface area contributed by atoms with Crippen molar-refractivity contribution >= 4 is 35.5 Å². The number of carboxylic acids is 1. The summed E-state index contributed by atoms with van der Waals surface area (Å²) in [4.78, 5) is 39.1. The van der Waals surface area contributed by atoms with Crippen LogP contribution in [0.15, 0.2) is 23.8 Å². The molecule has 2 aliphatic heterocycles. The number of hydrogen-bond acceptors (Lipinski definition) is 4. The molecule has 2 heterocycles. The number of rotatable bonds is 4. The molecule has 2 aliphatic rings. The molecular formula is C19H21ClN2O5. The van der Waals surface area contributed by atoms with Crippen LogP contribution >= 0.6 is 11.6 Å². The molecule has 0 saturated carbocycles. The maximum Gasteiger partial charge on any atom is 0.306 e. The van der Waals surface area contributed by atoms with Gasteiger partial charge in [0.25, 0.3) is 5.91 Å². The number of hydrogen-bond donors (Lipinski definition) is 1. The van der Waals surface area contributed by atoms with Gasteiger partial charge in [-0.1, -0.05) is 11.6 Å². The van der Waals surface area contributed by atoms with Gasteiger partial charge in [0.1, 0.15) is 12.4 Å². The highest BCUT2D eigenvalue weighted by Gasteiger charge is 2.28. The number of carbonyl (C=O) groups is 3. The van der Waals surface area contributed by atoms with Gasteiger partial charge >= 0.3 is 5.97 Å². The summed E-state index contributed by atoms with van der Waals surface area (Å²) >= 11 is 5.98. The van der Waals surface area contributed by atoms with Crippen molar-refractivity contribution in [3.8, 4) is 5.75 Å². The molecule has 0 atom stereocenters. The Bertz CT molecular complexity index is 799. The average molecular weight is 393 g/mol. The van der Waals surface area contributed by atoms with Gasteiger partial charge in [-0.05, 0) is 37.1 Å². The van der Waals surface area contributed by atoms with Crippen molar-refractivity contribution in [2.75, 3.05) is 33.3 Å². The summed E-state index contributed by atoms with van der Waals surface area (Å²) in [6, 6.07) is 5.20. The fourth-order valence-corrected chi connectivity index (χ4v) is 3.45. The van der Waals surface area contributed by atoms with Crippen LogP contribution in [0.4, 0.5) is 0 Å². The van der Waals surface area contributed by atoms with Gasteiger partial charge in [0.2, 0.25) is 5.91 Å². The predicted molar refractivity (Wildman–Crippen MR) is 99.5 cm³/mol. The molecule has 1 aromatic carbocycles. The first-order chi connectivity index (χ1) is 12.8. The van der Waals surface area contributed by atoms with E-state index in [2.05, 4.69) is 0 Å². The van der Waals surface area contributed by atoms with Crippen molar-refractivity contribution in [3.05, 3.63) is 34.4 Å². The second-order valence-corrected chi connectivity index (χ2v) is 7.23. The van der Waals surface area contributed by atoms with Crippen LogP contribution < -0.4 is 4.74 Å². The lowest BCUT2D eigenvalue weighted by molar-refractivity contribution is -0.146. The zero-order valence-corrected chi connectivity index (χ0v) is 15.7. The minimum absolute atomic E-state index is 0.0592. The standard InChI is InChI=1S/C19H21ClN2O5/c1-21(10-17(23)22-6-4-12(5-7-22)19(25)26)18(24)14-8-13-9-15(20)2-3-16(13)27-11-14/h2-3,8-9,12H,4-7,10-11H2,1H3,(H,25,26). The summed E-state index contributed by atoms with van der Waals surface area (Å²) in [6.07, 6.45) is 2.61. The molecule has 1 aromatic rings. The van der Waals surface area contributed by atoms with Crippen molar-refractivity contribution in [1.82, 2.24) is 9.80 Å². The van der Waals surface area contributed by atoms with Gasteiger partial charge in [0.15, 0.2) is 0 Å². The number of ether oxygens (including phenoxy) is 1. The Morgan fingerprint density at radius 2 is 2.00 bits per heavy atom. The van der Waals surface area contributed by atoms with Gasteiger partial charge in [-0.15, -0.1) is 0 Å². The Balaban J connectivity index is 1.59. The van der Waals surface area contributed by atoms with Gasteiger partial charge in [0.05, 0.1) is 18.0 Å². The number of piperidine rings is 1. The topological polar surface area (TPSA) is 87.2 Å². The molecule has 0 radical (unpaired) electrons. The molecule has 144 valence electrons. The quantitative estimate of drug-likeness (QED) is 0.845. The molecule has 3 rings (SSSR count). The maximum absolute atomic E-state index is 12.6. The third kappa shape index (κ3) is 4.42. The normalized spacial score (nSPS) is 16.8. The smallest absolute Gasteiger partial charge is 0.306 e. The van der Waals surface area contributed by atoms with Crippen LogP contribution in [0.1, 0.15) is 18.4 Å². The van der Waals surface area contributed by atoms with E-state index in [0.29, 0.717) is 42.3 Å². The second-order valence-electron chi connectivity index (χ2n) is 6.79. The first-order valence-corrected chi connectivity index (χ1v) is 9.12. The highest BCUT2D eigenvalue weighted by atomic mass is 35.5. The van der Waals surface area contributed by atoms with E-state index in [-0.39, 0.29) is 25.0 Å². The summed E-state index contributed by atoms with van der Waals surface area (Å²) in [6.45, 7) is 0.872. The Kier molecular flexibility index (Phi) is 5.70. The number of nitrogens with zero attached hydrogens (tertiary/aromatic N) is 2. The van der Waals surface area contributed by atoms with E-state index >= 15 is 0 Å². The molecule has 0 unspecified atom stereocenters. The van der Waals surface area contributed by atoms with Gasteiger partial charge < -0.3 is 19.6 Å². The third-order valence-electron chi connectivity index (χ3n) is 4.88. The van der Waals surface area contributed by atoms with Crippen molar-refractivity contribution < 1.29 is 24.2 Å². The molecule has 1 saturated heterocycles. The third-order valence-corrected chi connectivity index (χ3v) is 5.11. The molecular weight excluding hydrogens is 372 g/mol. The summed E-state index contributed by atoms with van der Waals surface area (Å²) in [5.74, 6) is -1.02. The molecule has 7 nitrogen and oxygen atoms in total. The van der Waals surface area contributed by atoms with Crippen LogP contribution in [0.2, 0.25) is 5.02 Å². The van der Waals surface area contributed by atoms with Crippen molar-refractivity contribution in [3.63, 3.8) is 0 Å². The van der Waals surface area contributed by atoms with Gasteiger partial charge in [0, 0.05) is 30.7 Å². The van der Waals surface area contributed by atoms with Gasteiger partial charge in [-0.2, -0.15) is 0 Å². The molecule has 0 bridgehead atoms. The lowest BCUT2D eigenvalue weighted by Gasteiger charge is -2.31. The summed E-state index contributed by atoms with van der Waals surface area (Å²) < 4.78 is 5.59. The van der Waals surface area contributed by atoms with E-state index in [1.165, 1.54) is 4.90 Å². The minimum Gasteiger partial charge on any atom is -0.488 e. The number of fused-ring (bicyclic) bond motifs is 1. The molecule has 27 heavy (non-hydrogen) atoms. The number of halogens is 1. The molecule has 8 heteroatoms. The van der Waals surface area contributed by atoms with Gasteiger partial charge in [-0.3, -0.25) is 14.4 Å². The van der Waals surface area contributed by atoms with E-state index in [9.17, 15) is 14.4 Å². The first kappa shape index (κ1) is 19.2. The van der Waals surface area contributed by atoms with Crippen LogP contribution in [-0.2, 0) is 14.4 Å². The predicted octanol–water partition coefficient (Wildman–Crippen LogP) is 1.90. The van der Waals surface area contributed by atoms with Crippen molar-refractivity contribution in [1.29, 1.82) is 0 Å². The lowest BCUT2D eigenvalue weighted by atomic mass is 9.97. The zero-order chi connectivity index (χ0) is 19.6. The van der Waals surface area contributed by atoms with Crippen LogP contribution in [0.5, 0.6) is 5.75 Å². The van der Waals surface area contributed by atoms with Crippen LogP contribution in [0, 0.1) is 5.92 Å². The molecule has 2 amide bonds. The van der Waals surface area contributed by atoms with Crippen molar-refractivity contribution in [2.45, 2.75) is 12.8 Å². The number of likely N-dealkylation sites (tertiary alicyclic amines) is 1. The van der Waals surface area contributed by atoms with Crippen LogP contribution in [0.25, 0.3) is 6.08 Å². The Hall–Kier alpha value is -2.54. The highest BCUT2D eigenvalue weighted by Crippen LogP contribution is 2.29. The van der Waals surface area contributed by atoms with Gasteiger partial charge in [-0.25, -0.2) is 0 Å². The maximum atomic E-state index is 12.6. The minimum atomic E-state index is -0.820. The average Bonchev–Trinajstić information content (AvgIpc) is 2.66. The lowest BCUT2D eigenvalue weighted by Crippen LogP contribution is -2.46. The number of benzene rings is 1. The summed E-state index contributed by atoms with van der Waals surface area (Å²) in [5, 5.41) is 9.58. The van der Waals surface area contributed by atoms with Crippen LogP contribution in [-0.4, -0.2) is 66.0 Å². The van der Waals surface area contributed by atoms with Crippen LogP contribution in [0.3, 0.4) is 0 Å². The summed E-state index contributed by atoms with van der Waals surface area (Å²) in [5.41, 5.74) is 1.18. The van der Waals surface area contributed by atoms with E-state index in [0.717, 1.165) is 5.56 Å².